The van der Waals surface area contributed by atoms with Gasteiger partial charge in [0, 0.05) is 13.0 Å². The van der Waals surface area contributed by atoms with Crippen LogP contribution in [0, 0.1) is 5.82 Å². The third kappa shape index (κ3) is 5.41. The maximum Gasteiger partial charge on any atom is 0.323 e. The van der Waals surface area contributed by atoms with Gasteiger partial charge in [0.2, 0.25) is 5.91 Å². The second kappa shape index (κ2) is 8.24. The first kappa shape index (κ1) is 16.9. The van der Waals surface area contributed by atoms with Crippen LogP contribution in [-0.2, 0) is 16.0 Å². The number of carboxylic acids is 1. The number of nitrogens with zero attached hydrogens (tertiary/aromatic N) is 1. The summed E-state index contributed by atoms with van der Waals surface area (Å²) >= 11 is 0. The fourth-order valence-electron chi connectivity index (χ4n) is 2.00. The summed E-state index contributed by atoms with van der Waals surface area (Å²) in [5.41, 5.74) is 0.674. The van der Waals surface area contributed by atoms with Crippen molar-refractivity contribution in [1.82, 2.24) is 4.90 Å². The molecule has 0 aliphatic rings. The number of amides is 1. The monoisotopic (exact) mass is 297 g/mol. The largest absolute Gasteiger partial charge is 0.494 e. The van der Waals surface area contributed by atoms with Crippen molar-refractivity contribution in [1.29, 1.82) is 0 Å². The van der Waals surface area contributed by atoms with Crippen LogP contribution in [0.25, 0.3) is 0 Å². The molecule has 1 aromatic carbocycles. The summed E-state index contributed by atoms with van der Waals surface area (Å²) in [5, 5.41) is 8.78. The van der Waals surface area contributed by atoms with Crippen molar-refractivity contribution < 1.29 is 23.8 Å². The summed E-state index contributed by atoms with van der Waals surface area (Å²) in [7, 11) is 1.39. The molecule has 0 unspecified atom stereocenters. The van der Waals surface area contributed by atoms with E-state index >= 15 is 0 Å². The van der Waals surface area contributed by atoms with Gasteiger partial charge in [-0.15, -0.1) is 0 Å². The molecule has 116 valence electrons. The van der Waals surface area contributed by atoms with Crippen LogP contribution >= 0.6 is 0 Å². The number of hydrogen-bond acceptors (Lipinski definition) is 3. The van der Waals surface area contributed by atoms with Crippen LogP contribution < -0.4 is 4.74 Å². The normalized spacial score (nSPS) is 10.2. The number of ether oxygens (including phenoxy) is 1. The number of methoxy groups -OCH3 is 1. The Labute approximate surface area is 123 Å². The van der Waals surface area contributed by atoms with Crippen LogP contribution in [0.3, 0.4) is 0 Å². The van der Waals surface area contributed by atoms with Gasteiger partial charge in [0.1, 0.15) is 6.54 Å². The van der Waals surface area contributed by atoms with Crippen LogP contribution in [0.15, 0.2) is 18.2 Å². The van der Waals surface area contributed by atoms with Crippen molar-refractivity contribution in [3.63, 3.8) is 0 Å². The van der Waals surface area contributed by atoms with Crippen LogP contribution in [0.5, 0.6) is 5.75 Å². The fraction of sp³-hybridized carbons (Fsp3) is 0.467. The zero-order valence-electron chi connectivity index (χ0n) is 12.3. The number of carbonyl (C=O) groups excluding carboxylic acids is 1. The van der Waals surface area contributed by atoms with E-state index in [1.165, 1.54) is 24.1 Å². The fourth-order valence-corrected chi connectivity index (χ4v) is 2.00. The summed E-state index contributed by atoms with van der Waals surface area (Å²) in [6, 6.07) is 4.53. The molecule has 0 spiro atoms. The van der Waals surface area contributed by atoms with Gasteiger partial charge in [-0.05, 0) is 30.5 Å². The Morgan fingerprint density at radius 1 is 1.38 bits per heavy atom. The zero-order chi connectivity index (χ0) is 15.8. The molecule has 0 bridgehead atoms. The standard InChI is InChI=1S/C15H20FNO4/c1-3-8-17(10-15(19)20)14(18)7-5-11-4-6-13(21-2)12(16)9-11/h4,6,9H,3,5,7-8,10H2,1-2H3,(H,19,20). The highest BCUT2D eigenvalue weighted by atomic mass is 19.1. The van der Waals surface area contributed by atoms with Gasteiger partial charge in [-0.2, -0.15) is 0 Å². The number of hydrogen-bond donors (Lipinski definition) is 1. The SMILES string of the molecule is CCCN(CC(=O)O)C(=O)CCc1ccc(OC)c(F)c1. The maximum atomic E-state index is 13.5. The lowest BCUT2D eigenvalue weighted by Gasteiger charge is -2.19. The first-order valence-corrected chi connectivity index (χ1v) is 6.80. The third-order valence-corrected chi connectivity index (χ3v) is 3.02. The van der Waals surface area contributed by atoms with E-state index in [1.807, 2.05) is 6.92 Å². The summed E-state index contributed by atoms with van der Waals surface area (Å²) in [5.74, 6) is -1.59. The Hall–Kier alpha value is -2.11. The van der Waals surface area contributed by atoms with E-state index in [-0.39, 0.29) is 24.6 Å². The number of carboxylic acid groups (broad SMARTS) is 1. The highest BCUT2D eigenvalue weighted by molar-refractivity contribution is 5.81. The zero-order valence-corrected chi connectivity index (χ0v) is 12.3. The molecule has 0 fully saturated rings. The van der Waals surface area contributed by atoms with Crippen LogP contribution in [-0.4, -0.2) is 42.1 Å². The molecule has 0 atom stereocenters. The van der Waals surface area contributed by atoms with E-state index in [0.29, 0.717) is 24.9 Å². The Bertz CT molecular complexity index is 504. The van der Waals surface area contributed by atoms with E-state index in [2.05, 4.69) is 0 Å². The van der Waals surface area contributed by atoms with Crippen LogP contribution in [0.2, 0.25) is 0 Å². The molecule has 0 saturated carbocycles. The molecule has 5 nitrogen and oxygen atoms in total. The molecule has 0 aromatic heterocycles. The molecule has 0 heterocycles. The predicted octanol–water partition coefficient (Wildman–Crippen LogP) is 2.09. The molecule has 21 heavy (non-hydrogen) atoms. The second-order valence-corrected chi connectivity index (χ2v) is 4.68. The molecular weight excluding hydrogens is 277 g/mol. The average Bonchev–Trinajstić information content (AvgIpc) is 2.44. The Kier molecular flexibility index (Phi) is 6.65. The molecule has 0 aliphatic carbocycles. The highest BCUT2D eigenvalue weighted by Crippen LogP contribution is 2.18. The lowest BCUT2D eigenvalue weighted by atomic mass is 10.1. The number of halogens is 1. The quantitative estimate of drug-likeness (QED) is 0.798. The van der Waals surface area contributed by atoms with Gasteiger partial charge < -0.3 is 14.7 Å². The minimum atomic E-state index is -1.03. The summed E-state index contributed by atoms with van der Waals surface area (Å²) in [6.45, 7) is 1.98. The van der Waals surface area contributed by atoms with E-state index in [1.54, 1.807) is 6.07 Å². The van der Waals surface area contributed by atoms with E-state index in [4.69, 9.17) is 9.84 Å². The third-order valence-electron chi connectivity index (χ3n) is 3.02. The second-order valence-electron chi connectivity index (χ2n) is 4.68. The van der Waals surface area contributed by atoms with Crippen molar-refractivity contribution in [2.75, 3.05) is 20.2 Å². The molecule has 0 radical (unpaired) electrons. The molecule has 1 amide bonds. The van der Waals surface area contributed by atoms with E-state index in [0.717, 1.165) is 0 Å². The lowest BCUT2D eigenvalue weighted by Crippen LogP contribution is -2.36. The van der Waals surface area contributed by atoms with Crippen LogP contribution in [0.1, 0.15) is 25.3 Å². The van der Waals surface area contributed by atoms with Gasteiger partial charge >= 0.3 is 5.97 Å². The van der Waals surface area contributed by atoms with Gasteiger partial charge in [-0.3, -0.25) is 9.59 Å². The van der Waals surface area contributed by atoms with Crippen molar-refractivity contribution in [2.45, 2.75) is 26.2 Å². The summed E-state index contributed by atoms with van der Waals surface area (Å²) in [6.07, 6.45) is 1.20. The predicted molar refractivity (Wildman–Crippen MR) is 75.8 cm³/mol. The molecule has 6 heteroatoms. The molecule has 0 aliphatic heterocycles. The Morgan fingerprint density at radius 3 is 2.62 bits per heavy atom. The van der Waals surface area contributed by atoms with Gasteiger partial charge in [-0.1, -0.05) is 13.0 Å². The highest BCUT2D eigenvalue weighted by Gasteiger charge is 2.16. The Morgan fingerprint density at radius 2 is 2.10 bits per heavy atom. The number of carbonyl (C=O) groups is 2. The first-order chi connectivity index (χ1) is 9.97. The topological polar surface area (TPSA) is 66.8 Å². The van der Waals surface area contributed by atoms with Crippen LogP contribution in [0.4, 0.5) is 4.39 Å². The van der Waals surface area contributed by atoms with Gasteiger partial charge in [0.25, 0.3) is 0 Å². The maximum absolute atomic E-state index is 13.5. The number of rotatable bonds is 8. The van der Waals surface area contributed by atoms with Crippen molar-refractivity contribution >= 4 is 11.9 Å². The summed E-state index contributed by atoms with van der Waals surface area (Å²) in [4.78, 5) is 24.0. The Balaban J connectivity index is 2.61. The van der Waals surface area contributed by atoms with Crippen molar-refractivity contribution in [3.05, 3.63) is 29.6 Å². The minimum absolute atomic E-state index is 0.152. The smallest absolute Gasteiger partial charge is 0.323 e. The molecule has 1 aromatic rings. The number of aliphatic carboxylic acids is 1. The molecule has 1 N–H and O–H groups in total. The number of benzene rings is 1. The number of aryl methyl sites for hydroxylation is 1. The molecular formula is C15H20FNO4. The van der Waals surface area contributed by atoms with Crippen molar-refractivity contribution in [3.8, 4) is 5.75 Å². The van der Waals surface area contributed by atoms with Gasteiger partial charge in [0.05, 0.1) is 7.11 Å². The molecule has 1 rings (SSSR count). The van der Waals surface area contributed by atoms with E-state index < -0.39 is 11.8 Å². The lowest BCUT2D eigenvalue weighted by molar-refractivity contribution is -0.144. The van der Waals surface area contributed by atoms with Gasteiger partial charge in [-0.25, -0.2) is 4.39 Å². The first-order valence-electron chi connectivity index (χ1n) is 6.80. The molecule has 0 saturated heterocycles. The van der Waals surface area contributed by atoms with Crippen molar-refractivity contribution in [2.24, 2.45) is 0 Å². The minimum Gasteiger partial charge on any atom is -0.494 e. The van der Waals surface area contributed by atoms with Gasteiger partial charge in [0.15, 0.2) is 11.6 Å². The average molecular weight is 297 g/mol. The summed E-state index contributed by atoms with van der Waals surface area (Å²) < 4.78 is 18.4. The van der Waals surface area contributed by atoms with E-state index in [9.17, 15) is 14.0 Å².